The number of benzene rings is 1. The van der Waals surface area contributed by atoms with Crippen LogP contribution in [0.4, 0.5) is 0 Å². The van der Waals surface area contributed by atoms with Crippen molar-refractivity contribution in [1.82, 2.24) is 0 Å². The van der Waals surface area contributed by atoms with Gasteiger partial charge in [-0.2, -0.15) is 0 Å². The summed E-state index contributed by atoms with van der Waals surface area (Å²) in [6, 6.07) is 7.19. The van der Waals surface area contributed by atoms with Crippen molar-refractivity contribution in [2.24, 2.45) is 0 Å². The van der Waals surface area contributed by atoms with E-state index in [1.807, 2.05) is 12.1 Å². The summed E-state index contributed by atoms with van der Waals surface area (Å²) in [4.78, 5) is 0. The molecule has 1 aromatic rings. The van der Waals surface area contributed by atoms with Crippen molar-refractivity contribution in [2.45, 2.75) is 0 Å². The Balaban J connectivity index is 0.000000292. The van der Waals surface area contributed by atoms with Gasteiger partial charge in [-0.15, -0.1) is 0 Å². The summed E-state index contributed by atoms with van der Waals surface area (Å²) in [6.45, 7) is 0. The van der Waals surface area contributed by atoms with Gasteiger partial charge in [-0.3, -0.25) is 0 Å². The van der Waals surface area contributed by atoms with Crippen molar-refractivity contribution in [3.05, 3.63) is 34.3 Å². The minimum Gasteiger partial charge on any atom is -0.429 e. The molecule has 0 fully saturated rings. The summed E-state index contributed by atoms with van der Waals surface area (Å²) in [5, 5.41) is 15.2. The van der Waals surface area contributed by atoms with Crippen LogP contribution in [0.3, 0.4) is 0 Å². The smallest absolute Gasteiger partial charge is 0.429 e. The van der Waals surface area contributed by atoms with Gasteiger partial charge in [-0.05, 0) is 12.1 Å². The molecule has 0 amide bonds. The Labute approximate surface area is 75.7 Å². The lowest BCUT2D eigenvalue weighted by molar-refractivity contribution is 0.448. The number of halogens is 2. The van der Waals surface area contributed by atoms with Crippen LogP contribution in [0.1, 0.15) is 0 Å². The zero-order valence-electron chi connectivity index (χ0n) is 5.54. The Morgan fingerprint density at radius 1 is 1.00 bits per heavy atom. The van der Waals surface area contributed by atoms with E-state index in [0.717, 1.165) is 0 Å². The van der Waals surface area contributed by atoms with Gasteiger partial charge in [0, 0.05) is 0 Å². The van der Waals surface area contributed by atoms with Gasteiger partial charge in [0.05, 0.1) is 10.0 Å². The number of rotatable bonds is 0. The quantitative estimate of drug-likeness (QED) is 0.611. The molecule has 0 atom stereocenters. The molecule has 0 unspecified atom stereocenters. The highest BCUT2D eigenvalue weighted by molar-refractivity contribution is 6.41. The largest absolute Gasteiger partial charge is 0.482 e. The molecule has 0 saturated carbocycles. The zero-order valence-corrected chi connectivity index (χ0v) is 7.05. The third kappa shape index (κ3) is 5.10. The molecule has 0 aliphatic heterocycles. The first kappa shape index (κ1) is 10.8. The van der Waals surface area contributed by atoms with Crippen LogP contribution in [0.2, 0.25) is 10.0 Å². The Hall–Kier alpha value is -0.215. The average molecular weight is 192 g/mol. The van der Waals surface area contributed by atoms with E-state index in [1.54, 1.807) is 12.1 Å². The Kier molecular flexibility index (Phi) is 6.37. The van der Waals surface area contributed by atoms with Crippen LogP contribution in [0.5, 0.6) is 0 Å². The lowest BCUT2D eigenvalue weighted by Crippen LogP contribution is -1.75. The molecule has 0 aliphatic rings. The van der Waals surface area contributed by atoms with Crippen LogP contribution in [-0.2, 0) is 0 Å². The number of hydrogen-bond acceptors (Lipinski definition) is 2. The fraction of sp³-hybridized carbons (Fsp3) is 0. The van der Waals surface area contributed by atoms with Crippen LogP contribution >= 0.6 is 23.2 Å². The first-order valence-electron chi connectivity index (χ1n) is 2.72. The molecule has 1 aromatic carbocycles. The molecule has 59 valence electrons. The molecule has 0 saturated heterocycles. The monoisotopic (exact) mass is 191 g/mol. The first-order valence-corrected chi connectivity index (χ1v) is 3.48. The summed E-state index contributed by atoms with van der Waals surface area (Å²) >= 11 is 11.2. The fourth-order valence-corrected chi connectivity index (χ4v) is 0.711. The number of hydrogen-bond donors (Lipinski definition) is 2. The topological polar surface area (TPSA) is 40.5 Å². The lowest BCUT2D eigenvalue weighted by atomic mass is 10.4. The predicted molar refractivity (Wildman–Crippen MR) is 46.7 cm³/mol. The molecule has 0 heterocycles. The maximum atomic E-state index is 7.00. The molecule has 0 bridgehead atoms. The molecule has 5 heteroatoms. The SMILES string of the molecule is Clc1ccccc1Cl.O[B]O. The lowest BCUT2D eigenvalue weighted by Gasteiger charge is -1.88. The Bertz CT molecular complexity index is 187. The van der Waals surface area contributed by atoms with Gasteiger partial charge in [0.25, 0.3) is 0 Å². The van der Waals surface area contributed by atoms with E-state index in [1.165, 1.54) is 0 Å². The van der Waals surface area contributed by atoms with Crippen molar-refractivity contribution in [3.8, 4) is 0 Å². The van der Waals surface area contributed by atoms with Gasteiger partial charge >= 0.3 is 7.69 Å². The second kappa shape index (κ2) is 6.49. The highest BCUT2D eigenvalue weighted by Gasteiger charge is 1.89. The first-order chi connectivity index (χ1) is 5.22. The van der Waals surface area contributed by atoms with Gasteiger partial charge in [0.15, 0.2) is 0 Å². The maximum Gasteiger partial charge on any atom is 0.482 e. The van der Waals surface area contributed by atoms with E-state index in [0.29, 0.717) is 10.0 Å². The van der Waals surface area contributed by atoms with Crippen LogP contribution in [-0.4, -0.2) is 17.7 Å². The summed E-state index contributed by atoms with van der Waals surface area (Å²) in [5.41, 5.74) is 0. The Morgan fingerprint density at radius 3 is 1.45 bits per heavy atom. The van der Waals surface area contributed by atoms with E-state index in [9.17, 15) is 0 Å². The van der Waals surface area contributed by atoms with Crippen molar-refractivity contribution in [3.63, 3.8) is 0 Å². The van der Waals surface area contributed by atoms with Crippen LogP contribution < -0.4 is 0 Å². The van der Waals surface area contributed by atoms with Gasteiger partial charge in [0.1, 0.15) is 0 Å². The van der Waals surface area contributed by atoms with E-state index < -0.39 is 0 Å². The molecular weight excluding hydrogens is 186 g/mol. The van der Waals surface area contributed by atoms with Crippen LogP contribution in [0, 0.1) is 0 Å². The molecule has 2 N–H and O–H groups in total. The third-order valence-electron chi connectivity index (χ3n) is 0.824. The molecule has 1 radical (unpaired) electrons. The third-order valence-corrected chi connectivity index (χ3v) is 1.58. The van der Waals surface area contributed by atoms with E-state index in [-0.39, 0.29) is 7.69 Å². The van der Waals surface area contributed by atoms with Crippen LogP contribution in [0.15, 0.2) is 24.3 Å². The van der Waals surface area contributed by atoms with Crippen molar-refractivity contribution in [2.75, 3.05) is 0 Å². The second-order valence-corrected chi connectivity index (χ2v) is 2.34. The second-order valence-electron chi connectivity index (χ2n) is 1.53. The molecule has 0 aliphatic carbocycles. The van der Waals surface area contributed by atoms with E-state index in [4.69, 9.17) is 33.2 Å². The summed E-state index contributed by atoms with van der Waals surface area (Å²) < 4.78 is 0. The molecule has 0 aromatic heterocycles. The maximum absolute atomic E-state index is 7.00. The van der Waals surface area contributed by atoms with Crippen molar-refractivity contribution in [1.29, 1.82) is 0 Å². The van der Waals surface area contributed by atoms with Gasteiger partial charge in [-0.25, -0.2) is 0 Å². The standard InChI is InChI=1S/C6H4Cl2.BH2O2/c7-5-3-1-2-4-6(5)8;2-1-3/h1-4H;2-3H. The normalized spacial score (nSPS) is 8.00. The van der Waals surface area contributed by atoms with E-state index in [2.05, 4.69) is 0 Å². The molecule has 1 rings (SSSR count). The van der Waals surface area contributed by atoms with Gasteiger partial charge < -0.3 is 10.0 Å². The zero-order chi connectivity index (χ0) is 8.69. The molecule has 2 nitrogen and oxygen atoms in total. The Morgan fingerprint density at radius 2 is 1.27 bits per heavy atom. The molecular formula is C6H6BCl2O2. The fourth-order valence-electron chi connectivity index (χ4n) is 0.439. The van der Waals surface area contributed by atoms with Gasteiger partial charge in [-0.1, -0.05) is 35.3 Å². The predicted octanol–water partition coefficient (Wildman–Crippen LogP) is 1.50. The highest BCUT2D eigenvalue weighted by Crippen LogP contribution is 2.19. The summed E-state index contributed by atoms with van der Waals surface area (Å²) in [6.07, 6.45) is 0. The van der Waals surface area contributed by atoms with Gasteiger partial charge in [0.2, 0.25) is 0 Å². The minimum absolute atomic E-state index is 0. The summed E-state index contributed by atoms with van der Waals surface area (Å²) in [7, 11) is 0. The molecule has 0 spiro atoms. The van der Waals surface area contributed by atoms with E-state index >= 15 is 0 Å². The van der Waals surface area contributed by atoms with Crippen LogP contribution in [0.25, 0.3) is 0 Å². The summed E-state index contributed by atoms with van der Waals surface area (Å²) in [5.74, 6) is 0. The highest BCUT2D eigenvalue weighted by atomic mass is 35.5. The molecule has 11 heavy (non-hydrogen) atoms. The van der Waals surface area contributed by atoms with Crippen molar-refractivity contribution >= 4 is 30.9 Å². The minimum atomic E-state index is 0. The average Bonchev–Trinajstić information content (AvgIpc) is 1.97. The van der Waals surface area contributed by atoms with Crippen molar-refractivity contribution < 1.29 is 10.0 Å².